The summed E-state index contributed by atoms with van der Waals surface area (Å²) in [5.41, 5.74) is 2.11. The van der Waals surface area contributed by atoms with Crippen LogP contribution in [0.5, 0.6) is 0 Å². The summed E-state index contributed by atoms with van der Waals surface area (Å²) < 4.78 is 20.0. The zero-order valence-corrected chi connectivity index (χ0v) is 14.9. The first-order chi connectivity index (χ1) is 12.6. The van der Waals surface area contributed by atoms with Crippen LogP contribution in [0.4, 0.5) is 4.39 Å². The van der Waals surface area contributed by atoms with Gasteiger partial charge >= 0.3 is 0 Å². The SMILES string of the molecule is Cc1cccc(F)c1C(=O)N1CCN2[C@@H](COC[C@@H]2c2ccccc2)C1. The van der Waals surface area contributed by atoms with Crippen LogP contribution in [0.2, 0.25) is 0 Å². The summed E-state index contributed by atoms with van der Waals surface area (Å²) in [6.45, 7) is 4.99. The van der Waals surface area contributed by atoms with Crippen LogP contribution >= 0.6 is 0 Å². The van der Waals surface area contributed by atoms with E-state index in [1.165, 1.54) is 11.6 Å². The minimum Gasteiger partial charge on any atom is -0.378 e. The van der Waals surface area contributed by atoms with Gasteiger partial charge in [-0.1, -0.05) is 42.5 Å². The van der Waals surface area contributed by atoms with Crippen molar-refractivity contribution in [2.45, 2.75) is 19.0 Å². The Bertz CT molecular complexity index is 776. The maximum absolute atomic E-state index is 14.2. The topological polar surface area (TPSA) is 32.8 Å². The van der Waals surface area contributed by atoms with Crippen molar-refractivity contribution >= 4 is 5.91 Å². The molecule has 0 aliphatic carbocycles. The molecule has 2 aliphatic heterocycles. The minimum absolute atomic E-state index is 0.138. The predicted octanol–water partition coefficient (Wildman–Crippen LogP) is 3.03. The van der Waals surface area contributed by atoms with Crippen molar-refractivity contribution in [2.75, 3.05) is 32.8 Å². The van der Waals surface area contributed by atoms with Crippen LogP contribution in [-0.2, 0) is 4.74 Å². The van der Waals surface area contributed by atoms with Crippen LogP contribution in [0.1, 0.15) is 27.5 Å². The van der Waals surface area contributed by atoms with Gasteiger partial charge in [0.1, 0.15) is 5.82 Å². The van der Waals surface area contributed by atoms with E-state index in [0.29, 0.717) is 31.9 Å². The smallest absolute Gasteiger partial charge is 0.257 e. The highest BCUT2D eigenvalue weighted by Gasteiger charge is 2.38. The molecule has 1 amide bonds. The van der Waals surface area contributed by atoms with E-state index in [-0.39, 0.29) is 23.6 Å². The van der Waals surface area contributed by atoms with Gasteiger partial charge in [-0.25, -0.2) is 4.39 Å². The van der Waals surface area contributed by atoms with E-state index in [9.17, 15) is 9.18 Å². The summed E-state index contributed by atoms with van der Waals surface area (Å²) >= 11 is 0. The number of rotatable bonds is 2. The normalized spacial score (nSPS) is 23.5. The molecule has 0 bridgehead atoms. The highest BCUT2D eigenvalue weighted by atomic mass is 19.1. The Balaban J connectivity index is 1.52. The lowest BCUT2D eigenvalue weighted by atomic mass is 9.99. The Morgan fingerprint density at radius 2 is 1.88 bits per heavy atom. The van der Waals surface area contributed by atoms with Crippen molar-refractivity contribution in [3.05, 3.63) is 71.0 Å². The lowest BCUT2D eigenvalue weighted by Crippen LogP contribution is -2.60. The van der Waals surface area contributed by atoms with E-state index in [1.807, 2.05) is 18.2 Å². The number of hydrogen-bond donors (Lipinski definition) is 0. The van der Waals surface area contributed by atoms with Gasteiger partial charge in [0.25, 0.3) is 5.91 Å². The maximum atomic E-state index is 14.2. The number of morpholine rings is 1. The van der Waals surface area contributed by atoms with Crippen LogP contribution < -0.4 is 0 Å². The second kappa shape index (κ2) is 7.17. The maximum Gasteiger partial charge on any atom is 0.257 e. The second-order valence-electron chi connectivity index (χ2n) is 7.04. The number of benzene rings is 2. The quantitative estimate of drug-likeness (QED) is 0.831. The Morgan fingerprint density at radius 1 is 1.08 bits per heavy atom. The zero-order chi connectivity index (χ0) is 18.1. The van der Waals surface area contributed by atoms with E-state index >= 15 is 0 Å². The minimum atomic E-state index is -0.445. The van der Waals surface area contributed by atoms with E-state index in [0.717, 1.165) is 6.54 Å². The van der Waals surface area contributed by atoms with E-state index in [4.69, 9.17) is 4.74 Å². The average Bonchev–Trinajstić information content (AvgIpc) is 2.67. The van der Waals surface area contributed by atoms with Crippen molar-refractivity contribution in [1.82, 2.24) is 9.80 Å². The molecule has 136 valence electrons. The highest BCUT2D eigenvalue weighted by Crippen LogP contribution is 2.30. The average molecular weight is 354 g/mol. The molecule has 0 unspecified atom stereocenters. The number of hydrogen-bond acceptors (Lipinski definition) is 3. The van der Waals surface area contributed by atoms with Crippen LogP contribution in [0.3, 0.4) is 0 Å². The number of aryl methyl sites for hydroxylation is 1. The molecular formula is C21H23FN2O2. The monoisotopic (exact) mass is 354 g/mol. The molecule has 0 radical (unpaired) electrons. The van der Waals surface area contributed by atoms with Gasteiger partial charge in [0.2, 0.25) is 0 Å². The standard InChI is InChI=1S/C21H23FN2O2/c1-15-6-5-9-18(22)20(15)21(25)23-10-11-24-17(12-23)13-26-14-19(24)16-7-3-2-4-8-16/h2-9,17,19H,10-14H2,1H3/t17-,19-/m1/s1. The Labute approximate surface area is 153 Å². The van der Waals surface area contributed by atoms with Gasteiger partial charge < -0.3 is 9.64 Å². The van der Waals surface area contributed by atoms with Gasteiger partial charge in [-0.05, 0) is 24.1 Å². The first-order valence-corrected chi connectivity index (χ1v) is 9.08. The lowest BCUT2D eigenvalue weighted by Gasteiger charge is -2.48. The van der Waals surface area contributed by atoms with Crippen LogP contribution in [0, 0.1) is 12.7 Å². The first kappa shape index (κ1) is 17.2. The highest BCUT2D eigenvalue weighted by molar-refractivity contribution is 5.96. The summed E-state index contributed by atoms with van der Waals surface area (Å²) in [5.74, 6) is -0.665. The molecular weight excluding hydrogens is 331 g/mol. The number of ether oxygens (including phenoxy) is 1. The molecule has 2 fully saturated rings. The molecule has 0 aromatic heterocycles. The number of carbonyl (C=O) groups excluding carboxylic acids is 1. The van der Waals surface area contributed by atoms with E-state index < -0.39 is 5.82 Å². The Hall–Kier alpha value is -2.24. The van der Waals surface area contributed by atoms with Crippen LogP contribution in [0.25, 0.3) is 0 Å². The number of fused-ring (bicyclic) bond motifs is 1. The Morgan fingerprint density at radius 3 is 2.65 bits per heavy atom. The second-order valence-corrected chi connectivity index (χ2v) is 7.04. The number of nitrogens with zero attached hydrogens (tertiary/aromatic N) is 2. The molecule has 4 nitrogen and oxygen atoms in total. The third-order valence-electron chi connectivity index (χ3n) is 5.42. The van der Waals surface area contributed by atoms with Gasteiger partial charge in [-0.15, -0.1) is 0 Å². The van der Waals surface area contributed by atoms with Gasteiger partial charge in [-0.3, -0.25) is 9.69 Å². The van der Waals surface area contributed by atoms with Gasteiger partial charge in [0.15, 0.2) is 0 Å². The summed E-state index contributed by atoms with van der Waals surface area (Å²) in [5, 5.41) is 0. The van der Waals surface area contributed by atoms with Gasteiger partial charge in [0.05, 0.1) is 30.9 Å². The van der Waals surface area contributed by atoms with E-state index in [1.54, 1.807) is 24.0 Å². The summed E-state index contributed by atoms with van der Waals surface area (Å²) in [7, 11) is 0. The van der Waals surface area contributed by atoms with Crippen molar-refractivity contribution in [1.29, 1.82) is 0 Å². The molecule has 0 spiro atoms. The third kappa shape index (κ3) is 3.13. The molecule has 0 saturated carbocycles. The summed E-state index contributed by atoms with van der Waals surface area (Å²) in [4.78, 5) is 17.1. The molecule has 2 saturated heterocycles. The van der Waals surface area contributed by atoms with Gasteiger partial charge in [-0.2, -0.15) is 0 Å². The number of halogens is 1. The van der Waals surface area contributed by atoms with Crippen molar-refractivity contribution in [3.63, 3.8) is 0 Å². The largest absolute Gasteiger partial charge is 0.378 e. The number of piperazine rings is 1. The third-order valence-corrected chi connectivity index (χ3v) is 5.42. The molecule has 26 heavy (non-hydrogen) atoms. The molecule has 2 heterocycles. The zero-order valence-electron chi connectivity index (χ0n) is 14.9. The van der Waals surface area contributed by atoms with E-state index in [2.05, 4.69) is 17.0 Å². The summed E-state index contributed by atoms with van der Waals surface area (Å²) in [6, 6.07) is 15.5. The fourth-order valence-electron chi connectivity index (χ4n) is 4.05. The molecule has 2 aliphatic rings. The lowest BCUT2D eigenvalue weighted by molar-refractivity contribution is -0.0770. The first-order valence-electron chi connectivity index (χ1n) is 9.08. The van der Waals surface area contributed by atoms with Crippen LogP contribution in [0.15, 0.2) is 48.5 Å². The molecule has 2 aromatic carbocycles. The van der Waals surface area contributed by atoms with Crippen molar-refractivity contribution in [2.24, 2.45) is 0 Å². The number of amides is 1. The molecule has 2 aromatic rings. The summed E-state index contributed by atoms with van der Waals surface area (Å²) in [6.07, 6.45) is 0. The van der Waals surface area contributed by atoms with Gasteiger partial charge in [0, 0.05) is 19.6 Å². The molecule has 4 rings (SSSR count). The molecule has 2 atom stereocenters. The Kier molecular flexibility index (Phi) is 4.74. The van der Waals surface area contributed by atoms with Crippen LogP contribution in [-0.4, -0.2) is 54.6 Å². The molecule has 5 heteroatoms. The fraction of sp³-hybridized carbons (Fsp3) is 0.381. The van der Waals surface area contributed by atoms with Crippen molar-refractivity contribution < 1.29 is 13.9 Å². The number of carbonyl (C=O) groups is 1. The fourth-order valence-corrected chi connectivity index (χ4v) is 4.05. The molecule has 0 N–H and O–H groups in total. The predicted molar refractivity (Wildman–Crippen MR) is 97.5 cm³/mol. The van der Waals surface area contributed by atoms with Crippen molar-refractivity contribution in [3.8, 4) is 0 Å².